The van der Waals surface area contributed by atoms with E-state index in [0.29, 0.717) is 22.7 Å². The number of nitrogens with one attached hydrogen (secondary N) is 2. The first-order valence-corrected chi connectivity index (χ1v) is 11.2. The molecular weight excluding hydrogens is 483 g/mol. The van der Waals surface area contributed by atoms with Gasteiger partial charge in [-0.15, -0.1) is 0 Å². The Kier molecular flexibility index (Phi) is 8.87. The Morgan fingerprint density at radius 3 is 2.41 bits per heavy atom. The van der Waals surface area contributed by atoms with Gasteiger partial charge in [-0.2, -0.15) is 0 Å². The lowest BCUT2D eigenvalue weighted by atomic mass is 10.1. The summed E-state index contributed by atoms with van der Waals surface area (Å²) in [6.45, 7) is 0.425. The van der Waals surface area contributed by atoms with Crippen molar-refractivity contribution in [3.63, 3.8) is 0 Å². The summed E-state index contributed by atoms with van der Waals surface area (Å²) in [6.07, 6.45) is 0.0734. The molecule has 37 heavy (non-hydrogen) atoms. The summed E-state index contributed by atoms with van der Waals surface area (Å²) in [5.74, 6) is -1.17. The summed E-state index contributed by atoms with van der Waals surface area (Å²) in [6, 6.07) is 14.2. The maximum absolute atomic E-state index is 13.8. The van der Waals surface area contributed by atoms with Gasteiger partial charge in [-0.1, -0.05) is 18.2 Å². The van der Waals surface area contributed by atoms with Gasteiger partial charge >= 0.3 is 12.0 Å². The van der Waals surface area contributed by atoms with Gasteiger partial charge in [-0.25, -0.2) is 14.0 Å². The van der Waals surface area contributed by atoms with Crippen LogP contribution in [0.2, 0.25) is 0 Å². The molecule has 5 N–H and O–H groups in total. The Morgan fingerprint density at radius 2 is 1.73 bits per heavy atom. The van der Waals surface area contributed by atoms with Crippen LogP contribution in [0.15, 0.2) is 60.7 Å². The number of halogens is 1. The van der Waals surface area contributed by atoms with Crippen LogP contribution >= 0.6 is 0 Å². The quantitative estimate of drug-likeness (QED) is 0.304. The van der Waals surface area contributed by atoms with Crippen LogP contribution in [0.3, 0.4) is 0 Å². The van der Waals surface area contributed by atoms with Gasteiger partial charge in [-0.05, 0) is 48.0 Å². The van der Waals surface area contributed by atoms with Crippen LogP contribution in [0.5, 0.6) is 11.5 Å². The highest BCUT2D eigenvalue weighted by atomic mass is 19.1. The van der Waals surface area contributed by atoms with E-state index in [1.807, 2.05) is 0 Å². The molecule has 0 aliphatic rings. The number of aromatic carboxylic acids is 1. The van der Waals surface area contributed by atoms with E-state index >= 15 is 0 Å². The van der Waals surface area contributed by atoms with Crippen molar-refractivity contribution in [1.29, 1.82) is 0 Å². The second kappa shape index (κ2) is 12.2. The third-order valence-corrected chi connectivity index (χ3v) is 5.36. The van der Waals surface area contributed by atoms with Gasteiger partial charge in [0.1, 0.15) is 23.9 Å². The fourth-order valence-corrected chi connectivity index (χ4v) is 3.33. The predicted octanol–water partition coefficient (Wildman–Crippen LogP) is 3.84. The molecule has 194 valence electrons. The summed E-state index contributed by atoms with van der Waals surface area (Å²) in [4.78, 5) is 37.4. The lowest BCUT2D eigenvalue weighted by Gasteiger charge is -2.19. The van der Waals surface area contributed by atoms with Gasteiger partial charge in [0.2, 0.25) is 5.91 Å². The zero-order valence-corrected chi connectivity index (χ0v) is 20.3. The zero-order valence-electron chi connectivity index (χ0n) is 20.3. The molecule has 3 aromatic rings. The maximum atomic E-state index is 13.8. The number of urea groups is 1. The highest BCUT2D eigenvalue weighted by Crippen LogP contribution is 2.27. The number of carboxylic acids is 1. The number of amides is 3. The lowest BCUT2D eigenvalue weighted by molar-refractivity contribution is -0.129. The van der Waals surface area contributed by atoms with Gasteiger partial charge in [0.05, 0.1) is 42.7 Å². The fraction of sp³-hybridized carbons (Fsp3) is 0.192. The van der Waals surface area contributed by atoms with Gasteiger partial charge < -0.3 is 35.8 Å². The van der Waals surface area contributed by atoms with E-state index in [0.717, 1.165) is 0 Å². The number of likely N-dealkylation sites (N-methyl/N-ethyl adjacent to an activating group) is 1. The monoisotopic (exact) mass is 510 g/mol. The number of hydrogen-bond acceptors (Lipinski definition) is 6. The minimum absolute atomic E-state index is 0.0353. The van der Waals surface area contributed by atoms with Gasteiger partial charge in [0.25, 0.3) is 0 Å². The molecule has 3 amide bonds. The molecule has 0 atom stereocenters. The molecule has 0 bridgehead atoms. The molecule has 0 aromatic heterocycles. The number of para-hydroxylation sites is 1. The zero-order chi connectivity index (χ0) is 26.9. The Balaban J connectivity index is 1.53. The van der Waals surface area contributed by atoms with E-state index in [1.165, 1.54) is 48.4 Å². The van der Waals surface area contributed by atoms with Crippen LogP contribution in [-0.4, -0.2) is 55.2 Å². The molecule has 3 aromatic carbocycles. The van der Waals surface area contributed by atoms with Crippen molar-refractivity contribution in [1.82, 2.24) is 4.90 Å². The summed E-state index contributed by atoms with van der Waals surface area (Å²) >= 11 is 0. The number of ether oxygens (including phenoxy) is 2. The van der Waals surface area contributed by atoms with Crippen LogP contribution in [-0.2, 0) is 11.2 Å². The summed E-state index contributed by atoms with van der Waals surface area (Å²) in [5, 5.41) is 14.0. The molecule has 3 rings (SSSR count). The molecule has 11 heteroatoms. The van der Waals surface area contributed by atoms with Crippen molar-refractivity contribution in [3.05, 3.63) is 77.6 Å². The second-order valence-corrected chi connectivity index (χ2v) is 7.99. The number of anilines is 3. The van der Waals surface area contributed by atoms with Crippen molar-refractivity contribution >= 4 is 35.0 Å². The van der Waals surface area contributed by atoms with Crippen LogP contribution < -0.4 is 25.8 Å². The van der Waals surface area contributed by atoms with Crippen molar-refractivity contribution < 1.29 is 33.4 Å². The third-order valence-electron chi connectivity index (χ3n) is 5.36. The first-order valence-electron chi connectivity index (χ1n) is 11.2. The Hall–Kier alpha value is -4.80. The molecule has 0 radical (unpaired) electrons. The Bertz CT molecular complexity index is 1300. The molecule has 0 aliphatic heterocycles. The molecule has 0 unspecified atom stereocenters. The topological polar surface area (TPSA) is 143 Å². The predicted molar refractivity (Wildman–Crippen MR) is 137 cm³/mol. The van der Waals surface area contributed by atoms with Gasteiger partial charge in [-0.3, -0.25) is 4.79 Å². The second-order valence-electron chi connectivity index (χ2n) is 7.99. The van der Waals surface area contributed by atoms with E-state index in [9.17, 15) is 18.8 Å². The van der Waals surface area contributed by atoms with E-state index < -0.39 is 17.8 Å². The van der Waals surface area contributed by atoms with Crippen LogP contribution in [0.4, 0.5) is 26.2 Å². The van der Waals surface area contributed by atoms with Gasteiger partial charge in [0.15, 0.2) is 0 Å². The SMILES string of the molecule is COc1cc(CC(=O)N(C)CCOc2ccc(C(=O)O)cc2N)ccc1NC(=O)Nc1ccccc1F. The Labute approximate surface area is 212 Å². The van der Waals surface area contributed by atoms with Crippen LogP contribution in [0, 0.1) is 5.82 Å². The Morgan fingerprint density at radius 1 is 1.00 bits per heavy atom. The first kappa shape index (κ1) is 26.8. The number of carbonyl (C=O) groups excluding carboxylic acids is 2. The average Bonchev–Trinajstić information content (AvgIpc) is 2.87. The summed E-state index contributed by atoms with van der Waals surface area (Å²) in [5.41, 5.74) is 7.11. The molecule has 0 saturated carbocycles. The number of nitrogen functional groups attached to an aromatic ring is 1. The number of hydrogen-bond donors (Lipinski definition) is 4. The van der Waals surface area contributed by atoms with Crippen molar-refractivity contribution in [3.8, 4) is 11.5 Å². The number of benzene rings is 3. The average molecular weight is 511 g/mol. The highest BCUT2D eigenvalue weighted by Gasteiger charge is 2.15. The number of methoxy groups -OCH3 is 1. The van der Waals surface area contributed by atoms with Crippen LogP contribution in [0.25, 0.3) is 0 Å². The first-order chi connectivity index (χ1) is 17.7. The molecule has 10 nitrogen and oxygen atoms in total. The summed E-state index contributed by atoms with van der Waals surface area (Å²) < 4.78 is 24.7. The fourth-order valence-electron chi connectivity index (χ4n) is 3.33. The molecule has 0 heterocycles. The molecule has 0 fully saturated rings. The van der Waals surface area contributed by atoms with Crippen molar-refractivity contribution in [2.45, 2.75) is 6.42 Å². The molecule has 0 aliphatic carbocycles. The van der Waals surface area contributed by atoms with Crippen LogP contribution in [0.1, 0.15) is 15.9 Å². The number of rotatable bonds is 10. The standard InChI is InChI=1S/C26H27FN4O6/c1-31(11-12-37-22-10-8-17(25(33)34)15-19(22)28)24(32)14-16-7-9-21(23(13-16)36-2)30-26(35)29-20-6-4-3-5-18(20)27/h3-10,13,15H,11-12,14,28H2,1-2H3,(H,33,34)(H2,29,30,35). The van der Waals surface area contributed by atoms with E-state index in [1.54, 1.807) is 31.3 Å². The van der Waals surface area contributed by atoms with E-state index in [-0.39, 0.29) is 42.4 Å². The maximum Gasteiger partial charge on any atom is 0.335 e. The lowest BCUT2D eigenvalue weighted by Crippen LogP contribution is -2.32. The number of carboxylic acid groups (broad SMARTS) is 1. The molecule has 0 spiro atoms. The number of nitrogens with zero attached hydrogens (tertiary/aromatic N) is 1. The normalized spacial score (nSPS) is 10.4. The summed E-state index contributed by atoms with van der Waals surface area (Å²) in [7, 11) is 3.06. The minimum atomic E-state index is -1.09. The third kappa shape index (κ3) is 7.34. The molecule has 0 saturated heterocycles. The van der Waals surface area contributed by atoms with E-state index in [2.05, 4.69) is 10.6 Å². The number of carbonyl (C=O) groups is 3. The molecular formula is C26H27FN4O6. The smallest absolute Gasteiger partial charge is 0.335 e. The van der Waals surface area contributed by atoms with Crippen molar-refractivity contribution in [2.75, 3.05) is 43.7 Å². The minimum Gasteiger partial charge on any atom is -0.495 e. The largest absolute Gasteiger partial charge is 0.495 e. The van der Waals surface area contributed by atoms with Crippen molar-refractivity contribution in [2.24, 2.45) is 0 Å². The highest BCUT2D eigenvalue weighted by molar-refractivity contribution is 6.00. The van der Waals surface area contributed by atoms with Gasteiger partial charge in [0, 0.05) is 7.05 Å². The number of nitrogens with two attached hydrogens (primary N) is 1. The van der Waals surface area contributed by atoms with E-state index in [4.69, 9.17) is 20.3 Å².